The van der Waals surface area contributed by atoms with Gasteiger partial charge in [0.25, 0.3) is 5.69 Å². The van der Waals surface area contributed by atoms with Gasteiger partial charge in [-0.2, -0.15) is 5.26 Å². The predicted molar refractivity (Wildman–Crippen MR) is 110 cm³/mol. The van der Waals surface area contributed by atoms with Gasteiger partial charge in [-0.05, 0) is 36.8 Å². The summed E-state index contributed by atoms with van der Waals surface area (Å²) >= 11 is 0. The maximum Gasteiger partial charge on any atom is 0.270 e. The Kier molecular flexibility index (Phi) is 4.97. The lowest BCUT2D eigenvalue weighted by Gasteiger charge is -2.30. The minimum absolute atomic E-state index is 0.0224. The van der Waals surface area contributed by atoms with Gasteiger partial charge in [-0.25, -0.2) is 4.98 Å². The first-order chi connectivity index (χ1) is 14.0. The van der Waals surface area contributed by atoms with Crippen molar-refractivity contribution in [2.24, 2.45) is 0 Å². The Morgan fingerprint density at radius 3 is 2.83 bits per heavy atom. The number of nitro groups is 1. The summed E-state index contributed by atoms with van der Waals surface area (Å²) in [5.41, 5.74) is 4.42. The summed E-state index contributed by atoms with van der Waals surface area (Å²) in [5.74, 6) is 0.438. The number of hydrogen-bond donors (Lipinski definition) is 1. The zero-order chi connectivity index (χ0) is 20.4. The normalized spacial score (nSPS) is 14.8. The van der Waals surface area contributed by atoms with Crippen LogP contribution in [0, 0.1) is 28.4 Å². The van der Waals surface area contributed by atoms with Gasteiger partial charge in [0.05, 0.1) is 34.7 Å². The van der Waals surface area contributed by atoms with Crippen molar-refractivity contribution in [3.8, 4) is 6.07 Å². The molecule has 3 aromatic rings. The fourth-order valence-electron chi connectivity index (χ4n) is 3.42. The van der Waals surface area contributed by atoms with Crippen LogP contribution in [-0.4, -0.2) is 41.2 Å². The van der Waals surface area contributed by atoms with Crippen LogP contribution in [0.4, 0.5) is 11.4 Å². The van der Waals surface area contributed by atoms with Crippen LogP contribution in [-0.2, 0) is 4.74 Å². The van der Waals surface area contributed by atoms with Gasteiger partial charge in [0.2, 0.25) is 0 Å². The van der Waals surface area contributed by atoms with Gasteiger partial charge in [0.1, 0.15) is 11.9 Å². The zero-order valence-corrected chi connectivity index (χ0v) is 15.9. The molecule has 8 heteroatoms. The standard InChI is InChI=1S/C21H19N5O3/c1-14-2-4-18-19(10-14)24-21(23-18)16(13-22)11-15-12-17(26(27)28)3-5-20(15)25-6-8-29-9-7-25/h2-5,10-12H,6-9H2,1H3,(H,23,24)/b16-11+. The molecule has 0 saturated carbocycles. The molecule has 146 valence electrons. The van der Waals surface area contributed by atoms with Crippen molar-refractivity contribution >= 4 is 34.1 Å². The minimum atomic E-state index is -0.434. The number of H-pyrrole nitrogens is 1. The number of fused-ring (bicyclic) bond motifs is 1. The number of benzene rings is 2. The number of anilines is 1. The van der Waals surface area contributed by atoms with Crippen LogP contribution >= 0.6 is 0 Å². The molecule has 0 amide bonds. The molecule has 1 saturated heterocycles. The number of aryl methyl sites for hydroxylation is 1. The monoisotopic (exact) mass is 389 g/mol. The number of non-ortho nitro benzene ring substituents is 1. The van der Waals surface area contributed by atoms with Gasteiger partial charge in [0.15, 0.2) is 0 Å². The highest BCUT2D eigenvalue weighted by molar-refractivity contribution is 5.93. The van der Waals surface area contributed by atoms with E-state index in [4.69, 9.17) is 4.74 Å². The molecular weight excluding hydrogens is 370 g/mol. The predicted octanol–water partition coefficient (Wildman–Crippen LogP) is 3.68. The molecule has 1 aromatic heterocycles. The van der Waals surface area contributed by atoms with E-state index >= 15 is 0 Å². The van der Waals surface area contributed by atoms with Crippen LogP contribution in [0.25, 0.3) is 22.7 Å². The Bertz CT molecular complexity index is 1150. The van der Waals surface area contributed by atoms with Gasteiger partial charge >= 0.3 is 0 Å². The maximum atomic E-state index is 11.3. The number of hydrogen-bond acceptors (Lipinski definition) is 6. The first-order valence-electron chi connectivity index (χ1n) is 9.25. The van der Waals surface area contributed by atoms with Gasteiger partial charge in [-0.15, -0.1) is 0 Å². The topological polar surface area (TPSA) is 108 Å². The molecule has 1 aliphatic rings. The van der Waals surface area contributed by atoms with Gasteiger partial charge in [0, 0.05) is 36.5 Å². The van der Waals surface area contributed by atoms with Crippen molar-refractivity contribution in [3.63, 3.8) is 0 Å². The van der Waals surface area contributed by atoms with E-state index in [9.17, 15) is 15.4 Å². The highest BCUT2D eigenvalue weighted by Crippen LogP contribution is 2.30. The van der Waals surface area contributed by atoms with Crippen LogP contribution in [0.5, 0.6) is 0 Å². The molecule has 0 radical (unpaired) electrons. The zero-order valence-electron chi connectivity index (χ0n) is 15.9. The lowest BCUT2D eigenvalue weighted by molar-refractivity contribution is -0.384. The summed E-state index contributed by atoms with van der Waals surface area (Å²) in [6.07, 6.45) is 1.66. The second-order valence-electron chi connectivity index (χ2n) is 6.88. The molecule has 2 heterocycles. The van der Waals surface area contributed by atoms with E-state index in [1.165, 1.54) is 12.1 Å². The maximum absolute atomic E-state index is 11.3. The van der Waals surface area contributed by atoms with Gasteiger partial charge < -0.3 is 14.6 Å². The lowest BCUT2D eigenvalue weighted by atomic mass is 10.1. The second kappa shape index (κ2) is 7.73. The van der Waals surface area contributed by atoms with Crippen LogP contribution in [0.3, 0.4) is 0 Å². The second-order valence-corrected chi connectivity index (χ2v) is 6.88. The van der Waals surface area contributed by atoms with Crippen molar-refractivity contribution in [1.29, 1.82) is 5.26 Å². The van der Waals surface area contributed by atoms with E-state index in [1.54, 1.807) is 12.1 Å². The smallest absolute Gasteiger partial charge is 0.270 e. The summed E-state index contributed by atoms with van der Waals surface area (Å²) in [5, 5.41) is 21.0. The first kappa shape index (κ1) is 18.7. The van der Waals surface area contributed by atoms with E-state index in [0.29, 0.717) is 43.3 Å². The third-order valence-corrected chi connectivity index (χ3v) is 4.89. The molecule has 29 heavy (non-hydrogen) atoms. The van der Waals surface area contributed by atoms with E-state index in [0.717, 1.165) is 22.3 Å². The average molecular weight is 389 g/mol. The quantitative estimate of drug-likeness (QED) is 0.414. The van der Waals surface area contributed by atoms with E-state index in [1.807, 2.05) is 25.1 Å². The molecule has 4 rings (SSSR count). The van der Waals surface area contributed by atoms with E-state index in [-0.39, 0.29) is 5.69 Å². The molecule has 1 aliphatic heterocycles. The molecular formula is C21H19N5O3. The number of nitrogens with zero attached hydrogens (tertiary/aromatic N) is 4. The number of ether oxygens (including phenoxy) is 1. The van der Waals surface area contributed by atoms with Crippen LogP contribution in [0.2, 0.25) is 0 Å². The largest absolute Gasteiger partial charge is 0.378 e. The third kappa shape index (κ3) is 3.81. The summed E-state index contributed by atoms with van der Waals surface area (Å²) in [6, 6.07) is 12.7. The van der Waals surface area contributed by atoms with Gasteiger partial charge in [-0.3, -0.25) is 10.1 Å². The fourth-order valence-corrected chi connectivity index (χ4v) is 3.42. The van der Waals surface area contributed by atoms with Crippen LogP contribution in [0.15, 0.2) is 36.4 Å². The van der Waals surface area contributed by atoms with Crippen molar-refractivity contribution in [2.75, 3.05) is 31.2 Å². The summed E-state index contributed by atoms with van der Waals surface area (Å²) in [7, 11) is 0. The number of imidazole rings is 1. The Morgan fingerprint density at radius 1 is 1.31 bits per heavy atom. The number of aromatic amines is 1. The SMILES string of the molecule is Cc1ccc2nc(/C(C#N)=C/c3cc([N+](=O)[O-])ccc3N3CCOCC3)[nH]c2c1. The Hall–Kier alpha value is -3.70. The molecule has 0 atom stereocenters. The molecule has 2 aromatic carbocycles. The number of nitriles is 1. The molecule has 1 N–H and O–H groups in total. The highest BCUT2D eigenvalue weighted by atomic mass is 16.6. The number of aromatic nitrogens is 2. The van der Waals surface area contributed by atoms with Gasteiger partial charge in [-0.1, -0.05) is 6.07 Å². The number of nitro benzene ring substituents is 1. The Labute approximate surface area is 167 Å². The van der Waals surface area contributed by atoms with Crippen molar-refractivity contribution in [1.82, 2.24) is 9.97 Å². The van der Waals surface area contributed by atoms with E-state index in [2.05, 4.69) is 20.9 Å². The Morgan fingerprint density at radius 2 is 2.10 bits per heavy atom. The molecule has 0 spiro atoms. The minimum Gasteiger partial charge on any atom is -0.378 e. The molecule has 0 bridgehead atoms. The number of allylic oxidation sites excluding steroid dienone is 1. The summed E-state index contributed by atoms with van der Waals surface area (Å²) in [4.78, 5) is 20.6. The van der Waals surface area contributed by atoms with Crippen LogP contribution < -0.4 is 4.90 Å². The highest BCUT2D eigenvalue weighted by Gasteiger charge is 2.18. The van der Waals surface area contributed by atoms with Crippen molar-refractivity contribution in [3.05, 3.63) is 63.5 Å². The fraction of sp³-hybridized carbons (Fsp3) is 0.238. The summed E-state index contributed by atoms with van der Waals surface area (Å²) in [6.45, 7) is 4.54. The molecule has 0 unspecified atom stereocenters. The number of morpholine rings is 1. The molecule has 8 nitrogen and oxygen atoms in total. The average Bonchev–Trinajstić information content (AvgIpc) is 3.15. The Balaban J connectivity index is 1.81. The van der Waals surface area contributed by atoms with Crippen molar-refractivity contribution in [2.45, 2.75) is 6.92 Å². The first-order valence-corrected chi connectivity index (χ1v) is 9.25. The summed E-state index contributed by atoms with van der Waals surface area (Å²) < 4.78 is 5.41. The molecule has 1 fully saturated rings. The van der Waals surface area contributed by atoms with E-state index < -0.39 is 4.92 Å². The lowest BCUT2D eigenvalue weighted by Crippen LogP contribution is -2.36. The number of nitrogens with one attached hydrogen (secondary N) is 1. The third-order valence-electron chi connectivity index (χ3n) is 4.89. The molecule has 0 aliphatic carbocycles. The van der Waals surface area contributed by atoms with Crippen molar-refractivity contribution < 1.29 is 9.66 Å². The number of rotatable bonds is 4. The van der Waals surface area contributed by atoms with Crippen LogP contribution in [0.1, 0.15) is 17.0 Å².